The molecular weight excluding hydrogens is 355 g/mol. The number of H-pyrrole nitrogens is 1. The second-order valence-electron chi connectivity index (χ2n) is 6.33. The normalized spacial score (nSPS) is 14.1. The average Bonchev–Trinajstić information content (AvgIpc) is 2.65. The zero-order chi connectivity index (χ0) is 19.4. The van der Waals surface area contributed by atoms with Gasteiger partial charge in [0.2, 0.25) is 6.10 Å². The summed E-state index contributed by atoms with van der Waals surface area (Å²) in [5.41, 5.74) is 1.23. The van der Waals surface area contributed by atoms with Crippen LogP contribution in [-0.2, 0) is 17.6 Å². The molecule has 1 aromatic carbocycles. The Morgan fingerprint density at radius 3 is 2.63 bits per heavy atom. The number of aliphatic carboxylic acids is 1. The number of benzene rings is 1. The minimum absolute atomic E-state index is 0.0541. The number of hydrogen-bond acceptors (Lipinski definition) is 4. The van der Waals surface area contributed by atoms with Gasteiger partial charge in [-0.05, 0) is 61.6 Å². The molecule has 1 aliphatic rings. The number of ether oxygens (including phenoxy) is 1. The Bertz CT molecular complexity index is 907. The molecule has 1 atom stereocenters. The largest absolute Gasteiger partial charge is 0.478 e. The summed E-state index contributed by atoms with van der Waals surface area (Å²) in [7, 11) is 0. The molecule has 1 amide bonds. The van der Waals surface area contributed by atoms with Crippen molar-refractivity contribution in [3.05, 3.63) is 63.3 Å². The van der Waals surface area contributed by atoms with E-state index in [0.29, 0.717) is 0 Å². The minimum Gasteiger partial charge on any atom is -0.478 e. The molecule has 1 heterocycles. The Morgan fingerprint density at radius 2 is 1.93 bits per heavy atom. The molecule has 3 rings (SSSR count). The lowest BCUT2D eigenvalue weighted by Crippen LogP contribution is -2.41. The van der Waals surface area contributed by atoms with Gasteiger partial charge in [0.05, 0.1) is 6.54 Å². The Morgan fingerprint density at radius 1 is 1.22 bits per heavy atom. The smallest absolute Gasteiger partial charge is 0.346 e. The van der Waals surface area contributed by atoms with Gasteiger partial charge in [-0.2, -0.15) is 0 Å². The first-order valence-corrected chi connectivity index (χ1v) is 8.62. The third-order valence-electron chi connectivity index (χ3n) is 4.40. The van der Waals surface area contributed by atoms with Crippen LogP contribution in [0, 0.1) is 5.82 Å². The number of hydrogen-bond donors (Lipinski definition) is 3. The van der Waals surface area contributed by atoms with Crippen molar-refractivity contribution in [2.75, 3.05) is 6.54 Å². The van der Waals surface area contributed by atoms with Crippen LogP contribution in [0.1, 0.15) is 34.5 Å². The summed E-state index contributed by atoms with van der Waals surface area (Å²) in [6.07, 6.45) is 2.18. The maximum absolute atomic E-state index is 12.9. The molecule has 3 N–H and O–H groups in total. The van der Waals surface area contributed by atoms with E-state index < -0.39 is 29.4 Å². The average molecular weight is 374 g/mol. The van der Waals surface area contributed by atoms with Crippen LogP contribution in [0.2, 0.25) is 0 Å². The van der Waals surface area contributed by atoms with Crippen molar-refractivity contribution >= 4 is 11.9 Å². The van der Waals surface area contributed by atoms with E-state index in [2.05, 4.69) is 10.3 Å². The number of carbonyl (C=O) groups excluding carboxylic acids is 1. The van der Waals surface area contributed by atoms with E-state index in [1.54, 1.807) is 6.07 Å². The first kappa shape index (κ1) is 18.6. The summed E-state index contributed by atoms with van der Waals surface area (Å²) >= 11 is 0. The maximum atomic E-state index is 12.9. The summed E-state index contributed by atoms with van der Waals surface area (Å²) in [5, 5.41) is 11.7. The quantitative estimate of drug-likeness (QED) is 0.713. The number of carbonyl (C=O) groups is 2. The molecule has 0 radical (unpaired) electrons. The highest BCUT2D eigenvalue weighted by Gasteiger charge is 2.22. The van der Waals surface area contributed by atoms with Crippen molar-refractivity contribution in [3.8, 4) is 5.75 Å². The van der Waals surface area contributed by atoms with Gasteiger partial charge in [0, 0.05) is 5.69 Å². The zero-order valence-electron chi connectivity index (χ0n) is 14.5. The summed E-state index contributed by atoms with van der Waals surface area (Å²) in [4.78, 5) is 38.6. The first-order valence-electron chi connectivity index (χ1n) is 8.62. The van der Waals surface area contributed by atoms with Crippen LogP contribution >= 0.6 is 0 Å². The van der Waals surface area contributed by atoms with Crippen molar-refractivity contribution < 1.29 is 23.8 Å². The molecule has 0 spiro atoms. The number of carboxylic acids is 1. The fourth-order valence-corrected chi connectivity index (χ4v) is 2.98. The van der Waals surface area contributed by atoms with Crippen LogP contribution < -0.4 is 15.6 Å². The molecule has 1 aromatic heterocycles. The zero-order valence-corrected chi connectivity index (χ0v) is 14.5. The second kappa shape index (κ2) is 8.03. The number of aryl methyl sites for hydroxylation is 2. The van der Waals surface area contributed by atoms with Crippen molar-refractivity contribution in [2.24, 2.45) is 0 Å². The van der Waals surface area contributed by atoms with Gasteiger partial charge in [0.15, 0.2) is 0 Å². The molecule has 2 aromatic rings. The molecule has 1 unspecified atom stereocenters. The lowest BCUT2D eigenvalue weighted by Gasteiger charge is -2.17. The lowest BCUT2D eigenvalue weighted by molar-refractivity contribution is -0.144. The molecule has 8 heteroatoms. The molecule has 27 heavy (non-hydrogen) atoms. The van der Waals surface area contributed by atoms with E-state index in [1.807, 2.05) is 0 Å². The van der Waals surface area contributed by atoms with Gasteiger partial charge in [0.1, 0.15) is 17.1 Å². The van der Waals surface area contributed by atoms with E-state index in [0.717, 1.165) is 49.1 Å². The highest BCUT2D eigenvalue weighted by molar-refractivity contribution is 5.94. The predicted octanol–water partition coefficient (Wildman–Crippen LogP) is 1.65. The van der Waals surface area contributed by atoms with E-state index in [-0.39, 0.29) is 17.9 Å². The Kier molecular flexibility index (Phi) is 5.54. The van der Waals surface area contributed by atoms with Crippen LogP contribution in [0.5, 0.6) is 5.75 Å². The molecule has 0 aliphatic heterocycles. The van der Waals surface area contributed by atoms with Crippen LogP contribution in [-0.4, -0.2) is 34.6 Å². The van der Waals surface area contributed by atoms with Crippen molar-refractivity contribution in [1.29, 1.82) is 0 Å². The van der Waals surface area contributed by atoms with Gasteiger partial charge in [0.25, 0.3) is 11.5 Å². The summed E-state index contributed by atoms with van der Waals surface area (Å²) in [6.45, 7) is -0.345. The van der Waals surface area contributed by atoms with Crippen molar-refractivity contribution in [2.45, 2.75) is 31.8 Å². The maximum Gasteiger partial charge on any atom is 0.346 e. The second-order valence-corrected chi connectivity index (χ2v) is 6.33. The molecular formula is C19H19FN2O5. The highest BCUT2D eigenvalue weighted by Crippen LogP contribution is 2.18. The van der Waals surface area contributed by atoms with Crippen LogP contribution in [0.4, 0.5) is 4.39 Å². The van der Waals surface area contributed by atoms with E-state index >= 15 is 0 Å². The van der Waals surface area contributed by atoms with Crippen molar-refractivity contribution in [3.63, 3.8) is 0 Å². The number of rotatable bonds is 6. The SMILES string of the molecule is O=C(NCC(Oc1ccc(F)cc1)C(=O)O)c1cc2c([nH]c1=O)CCCC2. The number of nitrogens with one attached hydrogen (secondary N) is 2. The number of fused-ring (bicyclic) bond motifs is 1. The third kappa shape index (κ3) is 4.52. The van der Waals surface area contributed by atoms with Gasteiger partial charge in [-0.15, -0.1) is 0 Å². The lowest BCUT2D eigenvalue weighted by atomic mass is 9.95. The van der Waals surface area contributed by atoms with Gasteiger partial charge in [-0.1, -0.05) is 0 Å². The fraction of sp³-hybridized carbons (Fsp3) is 0.316. The van der Waals surface area contributed by atoms with Crippen LogP contribution in [0.3, 0.4) is 0 Å². The van der Waals surface area contributed by atoms with Crippen LogP contribution in [0.25, 0.3) is 0 Å². The Balaban J connectivity index is 1.68. The van der Waals surface area contributed by atoms with Gasteiger partial charge < -0.3 is 20.1 Å². The standard InChI is InChI=1S/C19H19FN2O5/c20-12-5-7-13(8-6-12)27-16(19(25)26)10-21-17(23)14-9-11-3-1-2-4-15(11)22-18(14)24/h5-9,16H,1-4,10H2,(H,21,23)(H,22,24)(H,25,26). The first-order chi connectivity index (χ1) is 12.9. The van der Waals surface area contributed by atoms with E-state index in [9.17, 15) is 23.9 Å². The predicted molar refractivity (Wildman–Crippen MR) is 94.5 cm³/mol. The minimum atomic E-state index is -1.38. The summed E-state index contributed by atoms with van der Waals surface area (Å²) in [5.74, 6) is -2.28. The number of halogens is 1. The number of aromatic amines is 1. The fourth-order valence-electron chi connectivity index (χ4n) is 2.98. The third-order valence-corrected chi connectivity index (χ3v) is 4.40. The van der Waals surface area contributed by atoms with E-state index in [4.69, 9.17) is 4.74 Å². The molecule has 0 saturated heterocycles. The topological polar surface area (TPSA) is 108 Å². The highest BCUT2D eigenvalue weighted by atomic mass is 19.1. The Labute approximate surface area is 154 Å². The molecule has 7 nitrogen and oxygen atoms in total. The van der Waals surface area contributed by atoms with E-state index in [1.165, 1.54) is 12.1 Å². The summed E-state index contributed by atoms with van der Waals surface area (Å²) < 4.78 is 18.2. The molecule has 0 bridgehead atoms. The van der Waals surface area contributed by atoms with Crippen LogP contribution in [0.15, 0.2) is 35.1 Å². The number of pyridine rings is 1. The molecule has 1 aliphatic carbocycles. The summed E-state index contributed by atoms with van der Waals surface area (Å²) in [6, 6.07) is 6.43. The number of aromatic nitrogens is 1. The molecule has 142 valence electrons. The van der Waals surface area contributed by atoms with Gasteiger partial charge in [-0.25, -0.2) is 9.18 Å². The Hall–Kier alpha value is -3.16. The number of amides is 1. The van der Waals surface area contributed by atoms with Gasteiger partial charge in [-0.3, -0.25) is 9.59 Å². The number of carboxylic acid groups (broad SMARTS) is 1. The molecule has 0 fully saturated rings. The molecule has 0 saturated carbocycles. The van der Waals surface area contributed by atoms with Crippen molar-refractivity contribution in [1.82, 2.24) is 10.3 Å². The van der Waals surface area contributed by atoms with Gasteiger partial charge >= 0.3 is 5.97 Å². The monoisotopic (exact) mass is 374 g/mol.